The molecule has 0 bridgehead atoms. The van der Waals surface area contributed by atoms with Gasteiger partial charge in [-0.2, -0.15) is 0 Å². The molecule has 0 aromatic heterocycles. The lowest BCUT2D eigenvalue weighted by Gasteiger charge is -2.30. The Morgan fingerprint density at radius 3 is 1.34 bits per heavy atom. The molecule has 18 N–H and O–H groups in total. The van der Waals surface area contributed by atoms with Gasteiger partial charge in [-0.1, -0.05) is 60.1 Å². The Bertz CT molecular complexity index is 2130. The van der Waals surface area contributed by atoms with Crippen molar-refractivity contribution in [2.75, 3.05) is 6.54 Å². The van der Waals surface area contributed by atoms with Crippen LogP contribution in [0.2, 0.25) is 0 Å². The van der Waals surface area contributed by atoms with Gasteiger partial charge in [0.15, 0.2) is 5.96 Å². The molecule has 0 saturated heterocycles. The summed E-state index contributed by atoms with van der Waals surface area (Å²) in [5, 5.41) is 64.8. The third-order valence-electron chi connectivity index (χ3n) is 11.5. The van der Waals surface area contributed by atoms with E-state index in [0.29, 0.717) is 5.56 Å². The number of aliphatic carboxylic acids is 4. The van der Waals surface area contributed by atoms with Crippen molar-refractivity contribution in [1.29, 1.82) is 0 Å². The first-order chi connectivity index (χ1) is 34.6. The Kier molecular flexibility index (Phi) is 28.3. The largest absolute Gasteiger partial charge is 0.508 e. The number of nitrogens with one attached hydrogen (secondary N) is 7. The molecule has 0 fully saturated rings. The van der Waals surface area contributed by atoms with Gasteiger partial charge in [-0.3, -0.25) is 52.9 Å². The average Bonchev–Trinajstić information content (AvgIpc) is 3.31. The van der Waals surface area contributed by atoms with Crippen LogP contribution in [0.15, 0.2) is 29.3 Å². The molecule has 7 amide bonds. The first-order valence-corrected chi connectivity index (χ1v) is 24.2. The monoisotopic (exact) mass is 1050 g/mol. The van der Waals surface area contributed by atoms with E-state index in [1.807, 2.05) is 0 Å². The number of phenolic OH excluding ortho intramolecular Hbond substituents is 1. The maximum Gasteiger partial charge on any atom is 0.326 e. The Labute approximate surface area is 428 Å². The lowest BCUT2D eigenvalue weighted by Crippen LogP contribution is -2.61. The van der Waals surface area contributed by atoms with Gasteiger partial charge < -0.3 is 80.0 Å². The minimum absolute atomic E-state index is 0.00381. The SMILES string of the molecule is CCC(C)C(NC(=O)C(CCC(=O)O)NC(=O)C(CCC(=O)O)NC(=O)C(CCC(=O)O)NC(=O)C(N)Cc1ccc(O)cc1)C(=O)NC(CCCN=C(N)N)C(=O)NC(C(=O)NC(CC(C)C)C(=O)O)C(C)C. The lowest BCUT2D eigenvalue weighted by atomic mass is 9.96. The number of carbonyl (C=O) groups is 11. The van der Waals surface area contributed by atoms with Gasteiger partial charge in [0.2, 0.25) is 41.4 Å². The van der Waals surface area contributed by atoms with Crippen LogP contribution in [-0.2, 0) is 59.2 Å². The molecule has 414 valence electrons. The van der Waals surface area contributed by atoms with Crippen molar-refractivity contribution in [1.82, 2.24) is 37.2 Å². The first kappa shape index (κ1) is 64.4. The van der Waals surface area contributed by atoms with E-state index < -0.39 is 164 Å². The van der Waals surface area contributed by atoms with Gasteiger partial charge in [-0.05, 0) is 80.4 Å². The Balaban J connectivity index is 3.54. The molecule has 0 aliphatic heterocycles. The van der Waals surface area contributed by atoms with Crippen LogP contribution in [0, 0.1) is 17.8 Å². The van der Waals surface area contributed by atoms with Crippen LogP contribution in [0.5, 0.6) is 5.75 Å². The molecule has 0 spiro atoms. The average molecular weight is 1050 g/mol. The molecule has 9 atom stereocenters. The van der Waals surface area contributed by atoms with E-state index in [9.17, 15) is 78.3 Å². The van der Waals surface area contributed by atoms with Gasteiger partial charge in [-0.25, -0.2) is 4.79 Å². The van der Waals surface area contributed by atoms with Gasteiger partial charge in [0.1, 0.15) is 48.0 Å². The highest BCUT2D eigenvalue weighted by Crippen LogP contribution is 2.15. The van der Waals surface area contributed by atoms with Crippen LogP contribution in [0.4, 0.5) is 0 Å². The van der Waals surface area contributed by atoms with Crippen molar-refractivity contribution < 1.29 is 78.3 Å². The van der Waals surface area contributed by atoms with Gasteiger partial charge in [0, 0.05) is 25.8 Å². The highest BCUT2D eigenvalue weighted by atomic mass is 16.4. The number of amides is 7. The number of aromatic hydroxyl groups is 1. The van der Waals surface area contributed by atoms with Crippen molar-refractivity contribution in [2.45, 2.75) is 161 Å². The number of carbonyl (C=O) groups excluding carboxylic acids is 7. The number of phenols is 1. The Morgan fingerprint density at radius 1 is 0.541 bits per heavy atom. The van der Waals surface area contributed by atoms with Gasteiger partial charge in [-0.15, -0.1) is 0 Å². The normalized spacial score (nSPS) is 14.7. The molecule has 1 aromatic carbocycles. The number of carboxylic acid groups (broad SMARTS) is 4. The van der Waals surface area contributed by atoms with E-state index in [0.717, 1.165) is 0 Å². The first-order valence-electron chi connectivity index (χ1n) is 24.2. The number of hydrogen-bond acceptors (Lipinski definition) is 14. The highest BCUT2D eigenvalue weighted by Gasteiger charge is 2.37. The van der Waals surface area contributed by atoms with Crippen LogP contribution >= 0.6 is 0 Å². The molecular weight excluding hydrogens is 975 g/mol. The molecular formula is C47H75N11O16. The zero-order valence-corrected chi connectivity index (χ0v) is 42.6. The third kappa shape index (κ3) is 24.7. The second-order valence-electron chi connectivity index (χ2n) is 18.6. The summed E-state index contributed by atoms with van der Waals surface area (Å²) < 4.78 is 0. The molecule has 0 aliphatic carbocycles. The Hall–Kier alpha value is -7.58. The minimum atomic E-state index is -1.79. The maximum absolute atomic E-state index is 14.2. The van der Waals surface area contributed by atoms with Gasteiger partial charge in [0.05, 0.1) is 6.04 Å². The summed E-state index contributed by atoms with van der Waals surface area (Å²) in [6.45, 7) is 9.97. The van der Waals surface area contributed by atoms with E-state index in [1.165, 1.54) is 24.3 Å². The van der Waals surface area contributed by atoms with E-state index in [2.05, 4.69) is 42.2 Å². The number of guanidine groups is 1. The van der Waals surface area contributed by atoms with Crippen LogP contribution in [-0.4, -0.2) is 152 Å². The number of nitrogens with two attached hydrogens (primary N) is 3. The molecule has 0 saturated carbocycles. The molecule has 0 aliphatic rings. The number of rotatable bonds is 35. The Morgan fingerprint density at radius 2 is 0.932 bits per heavy atom. The van der Waals surface area contributed by atoms with E-state index in [4.69, 9.17) is 17.2 Å². The van der Waals surface area contributed by atoms with Crippen molar-refractivity contribution in [3.63, 3.8) is 0 Å². The zero-order valence-electron chi connectivity index (χ0n) is 42.6. The number of hydrogen-bond donors (Lipinski definition) is 15. The number of carboxylic acids is 4. The predicted molar refractivity (Wildman–Crippen MR) is 265 cm³/mol. The number of aliphatic imine (C=N–C) groups is 1. The zero-order chi connectivity index (χ0) is 56.4. The molecule has 27 nitrogen and oxygen atoms in total. The van der Waals surface area contributed by atoms with Crippen LogP contribution in [0.25, 0.3) is 0 Å². The summed E-state index contributed by atoms with van der Waals surface area (Å²) in [5.41, 5.74) is 17.5. The minimum Gasteiger partial charge on any atom is -0.508 e. The lowest BCUT2D eigenvalue weighted by molar-refractivity contribution is -0.143. The smallest absolute Gasteiger partial charge is 0.326 e. The van der Waals surface area contributed by atoms with Crippen molar-refractivity contribution in [3.05, 3.63) is 29.8 Å². The molecule has 1 rings (SSSR count). The summed E-state index contributed by atoms with van der Waals surface area (Å²) in [4.78, 5) is 147. The fourth-order valence-electron chi connectivity index (χ4n) is 7.14. The molecule has 74 heavy (non-hydrogen) atoms. The van der Waals surface area contributed by atoms with Crippen LogP contribution in [0.3, 0.4) is 0 Å². The number of nitrogens with zero attached hydrogens (tertiary/aromatic N) is 1. The maximum atomic E-state index is 14.2. The molecule has 9 unspecified atom stereocenters. The van der Waals surface area contributed by atoms with Gasteiger partial charge in [0.25, 0.3) is 0 Å². The summed E-state index contributed by atoms with van der Waals surface area (Å²) in [7, 11) is 0. The fraction of sp³-hybridized carbons (Fsp3) is 0.617. The van der Waals surface area contributed by atoms with E-state index in [-0.39, 0.29) is 56.3 Å². The molecule has 0 radical (unpaired) electrons. The highest BCUT2D eigenvalue weighted by molar-refractivity contribution is 5.98. The third-order valence-corrected chi connectivity index (χ3v) is 11.5. The second-order valence-corrected chi connectivity index (χ2v) is 18.6. The standard InChI is InChI=1S/C47H75N11O16/c1-7-25(6)38(45(72)55-29(9-8-20-51-47(49)50)42(69)57-37(24(4)5)44(71)56-33(46(73)74)21-23(2)3)58-43(70)32(16-19-36(64)65)54-41(68)31(15-18-35(62)63)53-40(67)30(14-17-34(60)61)52-39(66)28(48)22-26-10-12-27(59)13-11-26/h10-13,23-25,28-33,37-38,59H,7-9,14-22,48H2,1-6H3,(H,52,66)(H,53,67)(H,54,68)(H,55,72)(H,56,71)(H,57,69)(H,58,70)(H,60,61)(H,62,63)(H,64,65)(H,73,74)(H4,49,50,51). The van der Waals surface area contributed by atoms with Crippen LogP contribution < -0.4 is 54.4 Å². The topological polar surface area (TPSA) is 464 Å². The molecule has 1 aromatic rings. The fourth-order valence-corrected chi connectivity index (χ4v) is 7.14. The summed E-state index contributed by atoms with van der Waals surface area (Å²) in [6.07, 6.45) is -3.65. The summed E-state index contributed by atoms with van der Waals surface area (Å²) in [5.74, 6) is -14.2. The molecule has 27 heteroatoms. The summed E-state index contributed by atoms with van der Waals surface area (Å²) in [6, 6.07) is -6.24. The van der Waals surface area contributed by atoms with Gasteiger partial charge >= 0.3 is 23.9 Å². The quantitative estimate of drug-likeness (QED) is 0.0201. The van der Waals surface area contributed by atoms with E-state index in [1.54, 1.807) is 41.5 Å². The summed E-state index contributed by atoms with van der Waals surface area (Å²) >= 11 is 0. The second kappa shape index (κ2) is 32.5. The van der Waals surface area contributed by atoms with Crippen LogP contribution in [0.1, 0.15) is 111 Å². The predicted octanol–water partition coefficient (Wildman–Crippen LogP) is -1.86. The number of benzene rings is 1. The van der Waals surface area contributed by atoms with Crippen molar-refractivity contribution >= 4 is 71.2 Å². The van der Waals surface area contributed by atoms with Crippen molar-refractivity contribution in [3.8, 4) is 5.75 Å². The van der Waals surface area contributed by atoms with E-state index >= 15 is 0 Å². The molecule has 0 heterocycles. The van der Waals surface area contributed by atoms with Crippen molar-refractivity contribution in [2.24, 2.45) is 39.9 Å².